The zero-order valence-corrected chi connectivity index (χ0v) is 23.7. The molecule has 0 saturated carbocycles. The van der Waals surface area contributed by atoms with E-state index in [2.05, 4.69) is 139 Å². The lowest BCUT2D eigenvalue weighted by Crippen LogP contribution is -2.31. The van der Waals surface area contributed by atoms with E-state index in [0.29, 0.717) is 0 Å². The van der Waals surface area contributed by atoms with Crippen molar-refractivity contribution < 1.29 is 0 Å². The normalized spacial score (nSPS) is 14.9. The Morgan fingerprint density at radius 3 is 1.22 bits per heavy atom. The van der Waals surface area contributed by atoms with Crippen molar-refractivity contribution in [3.05, 3.63) is 142 Å². The third-order valence-electron chi connectivity index (χ3n) is 8.35. The Bertz CT molecular complexity index is 1510. The minimum atomic E-state index is -2.13. The molecule has 0 atom stereocenters. The molecule has 4 aromatic rings. The average Bonchev–Trinajstić information content (AvgIpc) is 3.41. The summed E-state index contributed by atoms with van der Waals surface area (Å²) in [6, 6.07) is 31.3. The zero-order valence-electron chi connectivity index (χ0n) is 22.7. The fourth-order valence-corrected chi connectivity index (χ4v) is 11.1. The maximum atomic E-state index is 2.57. The van der Waals surface area contributed by atoms with Crippen LogP contribution in [0.15, 0.2) is 96.1 Å². The molecular formula is C36H34Si. The van der Waals surface area contributed by atoms with Gasteiger partial charge in [-0.3, -0.25) is 0 Å². The minimum Gasteiger partial charge on any atom is -0.0646 e. The van der Waals surface area contributed by atoms with E-state index in [0.717, 1.165) is 0 Å². The molecule has 0 unspecified atom stereocenters. The van der Waals surface area contributed by atoms with Crippen molar-refractivity contribution in [2.75, 3.05) is 0 Å². The predicted molar refractivity (Wildman–Crippen MR) is 163 cm³/mol. The highest BCUT2D eigenvalue weighted by Gasteiger charge is 2.42. The molecule has 0 nitrogen and oxygen atoms in total. The zero-order chi connectivity index (χ0) is 25.9. The second-order valence-corrected chi connectivity index (χ2v) is 15.4. The molecular weight excluding hydrogens is 460 g/mol. The van der Waals surface area contributed by atoms with Gasteiger partial charge in [0.1, 0.15) is 8.07 Å². The van der Waals surface area contributed by atoms with Gasteiger partial charge in [0.2, 0.25) is 0 Å². The lowest BCUT2D eigenvalue weighted by atomic mass is 9.94. The summed E-state index contributed by atoms with van der Waals surface area (Å²) in [6.45, 7) is 14.3. The molecule has 4 aromatic carbocycles. The van der Waals surface area contributed by atoms with Gasteiger partial charge in [-0.05, 0) is 93.7 Å². The Balaban J connectivity index is 1.57. The number of fused-ring (bicyclic) bond motifs is 2. The number of allylic oxidation sites excluding steroid dienone is 2. The van der Waals surface area contributed by atoms with Gasteiger partial charge < -0.3 is 0 Å². The van der Waals surface area contributed by atoms with Crippen molar-refractivity contribution in [3.8, 4) is 22.3 Å². The van der Waals surface area contributed by atoms with Crippen LogP contribution in [-0.2, 0) is 0 Å². The van der Waals surface area contributed by atoms with Gasteiger partial charge in [-0.2, -0.15) is 0 Å². The minimum absolute atomic E-state index is 1.33. The molecule has 0 aliphatic heterocycles. The third kappa shape index (κ3) is 3.71. The van der Waals surface area contributed by atoms with Crippen LogP contribution < -0.4 is 0 Å². The highest BCUT2D eigenvalue weighted by atomic mass is 28.3. The monoisotopic (exact) mass is 494 g/mol. The maximum absolute atomic E-state index is 2.57. The van der Waals surface area contributed by atoms with Crippen molar-refractivity contribution in [1.82, 2.24) is 0 Å². The van der Waals surface area contributed by atoms with Crippen LogP contribution in [0.5, 0.6) is 0 Å². The number of hydrogen-bond acceptors (Lipinski definition) is 0. The SMILES string of the molecule is CC1=C([Si](C)(C)C2=C(C)[CH]c3cccc(-c4ccccc4C)c32)c2c(cccc2-c2ccccc2C)[CH]1. The Hall–Kier alpha value is -3.42. The van der Waals surface area contributed by atoms with Gasteiger partial charge in [0.05, 0.1) is 0 Å². The van der Waals surface area contributed by atoms with Crippen molar-refractivity contribution in [2.45, 2.75) is 40.8 Å². The fraction of sp³-hybridized carbons (Fsp3) is 0.167. The van der Waals surface area contributed by atoms with E-state index in [-0.39, 0.29) is 0 Å². The molecule has 2 aliphatic rings. The van der Waals surface area contributed by atoms with Gasteiger partial charge in [0.15, 0.2) is 0 Å². The van der Waals surface area contributed by atoms with E-state index in [4.69, 9.17) is 0 Å². The summed E-state index contributed by atoms with van der Waals surface area (Å²) in [6.07, 6.45) is 4.84. The first kappa shape index (κ1) is 23.9. The molecule has 2 radical (unpaired) electrons. The molecule has 0 aromatic heterocycles. The highest BCUT2D eigenvalue weighted by molar-refractivity contribution is 7.09. The molecule has 37 heavy (non-hydrogen) atoms. The Morgan fingerprint density at radius 1 is 0.432 bits per heavy atom. The van der Waals surface area contributed by atoms with E-state index in [1.807, 2.05) is 0 Å². The summed E-state index contributed by atoms with van der Waals surface area (Å²) in [5, 5.41) is 3.16. The molecule has 0 fully saturated rings. The number of rotatable bonds is 4. The topological polar surface area (TPSA) is 0 Å². The van der Waals surface area contributed by atoms with Crippen LogP contribution in [-0.4, -0.2) is 8.07 Å². The molecule has 0 amide bonds. The van der Waals surface area contributed by atoms with Crippen LogP contribution in [0.4, 0.5) is 0 Å². The van der Waals surface area contributed by atoms with Crippen LogP contribution in [0.1, 0.15) is 47.2 Å². The van der Waals surface area contributed by atoms with E-state index in [1.54, 1.807) is 10.4 Å². The van der Waals surface area contributed by atoms with Crippen LogP contribution in [0, 0.1) is 26.7 Å². The lowest BCUT2D eigenvalue weighted by Gasteiger charge is -2.32. The summed E-state index contributed by atoms with van der Waals surface area (Å²) in [4.78, 5) is 0. The van der Waals surface area contributed by atoms with Crippen molar-refractivity contribution >= 4 is 18.5 Å². The molecule has 0 N–H and O–H groups in total. The quantitative estimate of drug-likeness (QED) is 0.248. The van der Waals surface area contributed by atoms with Crippen LogP contribution in [0.25, 0.3) is 32.6 Å². The second-order valence-electron chi connectivity index (χ2n) is 11.2. The molecule has 0 bridgehead atoms. The van der Waals surface area contributed by atoms with Crippen LogP contribution in [0.3, 0.4) is 0 Å². The van der Waals surface area contributed by atoms with Gasteiger partial charge in [0.25, 0.3) is 0 Å². The third-order valence-corrected chi connectivity index (χ3v) is 12.1. The number of aryl methyl sites for hydroxylation is 2. The first-order valence-corrected chi connectivity index (χ1v) is 16.3. The fourth-order valence-electron chi connectivity index (χ4n) is 6.88. The van der Waals surface area contributed by atoms with Gasteiger partial charge in [-0.25, -0.2) is 0 Å². The molecule has 0 spiro atoms. The molecule has 0 saturated heterocycles. The first-order chi connectivity index (χ1) is 17.8. The summed E-state index contributed by atoms with van der Waals surface area (Å²) < 4.78 is 0. The average molecular weight is 495 g/mol. The Labute approximate surface area is 223 Å². The number of hydrogen-bond donors (Lipinski definition) is 0. The van der Waals surface area contributed by atoms with E-state index >= 15 is 0 Å². The predicted octanol–water partition coefficient (Wildman–Crippen LogP) is 9.80. The van der Waals surface area contributed by atoms with E-state index in [1.165, 1.54) is 66.8 Å². The molecule has 182 valence electrons. The highest BCUT2D eigenvalue weighted by Crippen LogP contribution is 2.53. The Kier molecular flexibility index (Phi) is 5.73. The Morgan fingerprint density at radius 2 is 0.811 bits per heavy atom. The van der Waals surface area contributed by atoms with Gasteiger partial charge in [-0.1, -0.05) is 109 Å². The van der Waals surface area contributed by atoms with E-state index < -0.39 is 8.07 Å². The van der Waals surface area contributed by atoms with Gasteiger partial charge >= 0.3 is 0 Å². The van der Waals surface area contributed by atoms with Crippen LogP contribution >= 0.6 is 0 Å². The molecule has 0 heterocycles. The van der Waals surface area contributed by atoms with Crippen molar-refractivity contribution in [2.24, 2.45) is 0 Å². The second kappa shape index (κ2) is 8.85. The molecule has 6 rings (SSSR count). The maximum Gasteiger partial charge on any atom is 0.113 e. The summed E-state index contributed by atoms with van der Waals surface area (Å²) in [5.41, 5.74) is 16.6. The van der Waals surface area contributed by atoms with Gasteiger partial charge in [0, 0.05) is 12.8 Å². The van der Waals surface area contributed by atoms with Crippen molar-refractivity contribution in [1.29, 1.82) is 0 Å². The standard InChI is InChI=1S/C36H34Si/c1-23-13-7-9-17-29(23)31-19-11-15-27-21-25(3)35(33(27)31)37(5,6)36-26(4)22-28-16-12-20-32(34(28)36)30-18-10-8-14-24(30)2/h7-22H,1-6H3. The molecule has 2 aliphatic carbocycles. The summed E-state index contributed by atoms with van der Waals surface area (Å²) in [7, 11) is -2.13. The summed E-state index contributed by atoms with van der Waals surface area (Å²) in [5.74, 6) is 0. The number of benzene rings is 4. The van der Waals surface area contributed by atoms with Crippen molar-refractivity contribution in [3.63, 3.8) is 0 Å². The molecule has 1 heteroatoms. The lowest BCUT2D eigenvalue weighted by molar-refractivity contribution is 1.42. The summed E-state index contributed by atoms with van der Waals surface area (Å²) >= 11 is 0. The first-order valence-electron chi connectivity index (χ1n) is 13.3. The largest absolute Gasteiger partial charge is 0.113 e. The van der Waals surface area contributed by atoms with Crippen LogP contribution in [0.2, 0.25) is 13.1 Å². The van der Waals surface area contributed by atoms with E-state index in [9.17, 15) is 0 Å². The smallest absolute Gasteiger partial charge is 0.0646 e. The van der Waals surface area contributed by atoms with Gasteiger partial charge in [-0.15, -0.1) is 0 Å².